The van der Waals surface area contributed by atoms with E-state index in [4.69, 9.17) is 0 Å². The van der Waals surface area contributed by atoms with Crippen LogP contribution in [0.25, 0.3) is 0 Å². The van der Waals surface area contributed by atoms with Crippen LogP contribution >= 0.6 is 0 Å². The average molecular weight is 261 g/mol. The minimum absolute atomic E-state index is 0.558. The molecule has 0 atom stereocenters. The van der Waals surface area contributed by atoms with E-state index in [0.717, 1.165) is 19.0 Å². The number of rotatable bonds is 4. The van der Waals surface area contributed by atoms with Crippen molar-refractivity contribution in [2.75, 3.05) is 13.1 Å². The first-order chi connectivity index (χ1) is 9.33. The molecule has 1 N–H and O–H groups in total. The molecule has 1 aromatic rings. The maximum atomic E-state index is 4.45. The van der Waals surface area contributed by atoms with Crippen LogP contribution in [0, 0.1) is 5.41 Å². The van der Waals surface area contributed by atoms with Gasteiger partial charge in [-0.2, -0.15) is 0 Å². The zero-order valence-electron chi connectivity index (χ0n) is 12.2. The molecule has 1 saturated carbocycles. The molecule has 0 unspecified atom stereocenters. The van der Waals surface area contributed by atoms with Gasteiger partial charge in [0.1, 0.15) is 0 Å². The Hall–Kier alpha value is -0.830. The van der Waals surface area contributed by atoms with Crippen molar-refractivity contribution in [1.29, 1.82) is 0 Å². The van der Waals surface area contributed by atoms with Gasteiger partial charge in [0.05, 0.1) is 6.33 Å². The van der Waals surface area contributed by atoms with Gasteiger partial charge in [-0.25, -0.2) is 4.98 Å². The third-order valence-corrected chi connectivity index (χ3v) is 5.42. The fourth-order valence-corrected chi connectivity index (χ4v) is 4.03. The van der Waals surface area contributed by atoms with Crippen molar-refractivity contribution in [3.8, 4) is 0 Å². The molecule has 3 nitrogen and oxygen atoms in total. The first-order valence-electron chi connectivity index (χ1n) is 8.04. The summed E-state index contributed by atoms with van der Waals surface area (Å²) in [6.45, 7) is 5.89. The lowest BCUT2D eigenvalue weighted by Gasteiger charge is -2.31. The lowest BCUT2D eigenvalue weighted by molar-refractivity contribution is 0.232. The van der Waals surface area contributed by atoms with Crippen molar-refractivity contribution in [3.05, 3.63) is 18.2 Å². The molecule has 106 valence electrons. The monoisotopic (exact) mass is 261 g/mol. The Labute approximate surface area is 116 Å². The number of nitrogens with one attached hydrogen (secondary N) is 1. The molecule has 2 heterocycles. The van der Waals surface area contributed by atoms with Crippen LogP contribution in [0.15, 0.2) is 12.5 Å². The number of nitrogens with zero attached hydrogens (tertiary/aromatic N) is 2. The van der Waals surface area contributed by atoms with E-state index in [1.807, 2.05) is 0 Å². The van der Waals surface area contributed by atoms with Crippen LogP contribution in [-0.4, -0.2) is 22.6 Å². The molecular weight excluding hydrogens is 234 g/mol. The van der Waals surface area contributed by atoms with Gasteiger partial charge in [0.25, 0.3) is 0 Å². The topological polar surface area (TPSA) is 29.9 Å². The standard InChI is InChI=1S/C16H27N3/c1-2-16(7-3-4-8-16)12-19-13-18-11-15(19)14-5-9-17-10-6-14/h11,13-14,17H,2-10,12H2,1H3. The lowest BCUT2D eigenvalue weighted by atomic mass is 9.83. The maximum absolute atomic E-state index is 4.45. The highest BCUT2D eigenvalue weighted by atomic mass is 15.1. The lowest BCUT2D eigenvalue weighted by Crippen LogP contribution is -2.29. The Morgan fingerprint density at radius 3 is 2.74 bits per heavy atom. The summed E-state index contributed by atoms with van der Waals surface area (Å²) < 4.78 is 2.48. The predicted molar refractivity (Wildman–Crippen MR) is 78.3 cm³/mol. The van der Waals surface area contributed by atoms with E-state index in [1.165, 1.54) is 57.2 Å². The van der Waals surface area contributed by atoms with Gasteiger partial charge >= 0.3 is 0 Å². The molecule has 0 radical (unpaired) electrons. The molecule has 1 aliphatic heterocycles. The zero-order chi connectivity index (χ0) is 13.1. The number of imidazole rings is 1. The number of hydrogen-bond donors (Lipinski definition) is 1. The van der Waals surface area contributed by atoms with E-state index < -0.39 is 0 Å². The van der Waals surface area contributed by atoms with Crippen molar-refractivity contribution < 1.29 is 0 Å². The minimum Gasteiger partial charge on any atom is -0.334 e. The molecule has 0 bridgehead atoms. The molecule has 0 aromatic carbocycles. The molecule has 1 aromatic heterocycles. The summed E-state index contributed by atoms with van der Waals surface area (Å²) in [7, 11) is 0. The highest BCUT2D eigenvalue weighted by Crippen LogP contribution is 2.43. The Kier molecular flexibility index (Phi) is 3.92. The largest absolute Gasteiger partial charge is 0.334 e. The zero-order valence-corrected chi connectivity index (χ0v) is 12.2. The number of aromatic nitrogens is 2. The second kappa shape index (κ2) is 5.66. The van der Waals surface area contributed by atoms with Crippen LogP contribution in [0.4, 0.5) is 0 Å². The van der Waals surface area contributed by atoms with Crippen LogP contribution in [0.5, 0.6) is 0 Å². The van der Waals surface area contributed by atoms with Gasteiger partial charge in [0.2, 0.25) is 0 Å². The summed E-state index contributed by atoms with van der Waals surface area (Å²) in [5.74, 6) is 0.721. The van der Waals surface area contributed by atoms with Crippen molar-refractivity contribution in [2.45, 2.75) is 64.3 Å². The molecular formula is C16H27N3. The van der Waals surface area contributed by atoms with E-state index in [1.54, 1.807) is 0 Å². The van der Waals surface area contributed by atoms with Crippen molar-refractivity contribution in [2.24, 2.45) is 5.41 Å². The van der Waals surface area contributed by atoms with Crippen LogP contribution in [-0.2, 0) is 6.54 Å². The first kappa shape index (κ1) is 13.2. The summed E-state index contributed by atoms with van der Waals surface area (Å²) in [6, 6.07) is 0. The molecule has 2 aliphatic rings. The van der Waals surface area contributed by atoms with Crippen molar-refractivity contribution >= 4 is 0 Å². The van der Waals surface area contributed by atoms with Gasteiger partial charge in [-0.05, 0) is 50.6 Å². The summed E-state index contributed by atoms with van der Waals surface area (Å²) in [4.78, 5) is 4.45. The van der Waals surface area contributed by atoms with Crippen LogP contribution in [0.2, 0.25) is 0 Å². The smallest absolute Gasteiger partial charge is 0.0948 e. The molecule has 1 aliphatic carbocycles. The highest BCUT2D eigenvalue weighted by molar-refractivity contribution is 5.08. The summed E-state index contributed by atoms with van der Waals surface area (Å²) in [6.07, 6.45) is 13.7. The van der Waals surface area contributed by atoms with Gasteiger partial charge in [-0.1, -0.05) is 19.8 Å². The first-order valence-corrected chi connectivity index (χ1v) is 8.04. The Balaban J connectivity index is 1.75. The SMILES string of the molecule is CCC1(Cn2cncc2C2CCNCC2)CCCC1. The molecule has 3 heteroatoms. The van der Waals surface area contributed by atoms with Crippen LogP contribution in [0.3, 0.4) is 0 Å². The van der Waals surface area contributed by atoms with Crippen LogP contribution < -0.4 is 5.32 Å². The molecule has 19 heavy (non-hydrogen) atoms. The number of piperidine rings is 1. The predicted octanol–water partition coefficient (Wildman–Crippen LogP) is 3.32. The van der Waals surface area contributed by atoms with Crippen molar-refractivity contribution in [1.82, 2.24) is 14.9 Å². The Morgan fingerprint density at radius 1 is 1.32 bits per heavy atom. The van der Waals surface area contributed by atoms with E-state index in [2.05, 4.69) is 34.3 Å². The third-order valence-electron chi connectivity index (χ3n) is 5.42. The Morgan fingerprint density at radius 2 is 2.05 bits per heavy atom. The van der Waals surface area contributed by atoms with Gasteiger partial charge in [0, 0.05) is 24.4 Å². The Bertz CT molecular complexity index is 398. The quantitative estimate of drug-likeness (QED) is 0.901. The second-order valence-electron chi connectivity index (χ2n) is 6.53. The van der Waals surface area contributed by atoms with Gasteiger partial charge in [0.15, 0.2) is 0 Å². The summed E-state index contributed by atoms with van der Waals surface area (Å²) >= 11 is 0. The van der Waals surface area contributed by atoms with E-state index in [-0.39, 0.29) is 0 Å². The van der Waals surface area contributed by atoms with Crippen molar-refractivity contribution in [3.63, 3.8) is 0 Å². The van der Waals surface area contributed by atoms with Gasteiger partial charge in [-0.15, -0.1) is 0 Å². The summed E-state index contributed by atoms with van der Waals surface area (Å²) in [5, 5.41) is 3.46. The van der Waals surface area contributed by atoms with E-state index in [9.17, 15) is 0 Å². The van der Waals surface area contributed by atoms with Crippen LogP contribution in [0.1, 0.15) is 63.5 Å². The molecule has 0 spiro atoms. The third kappa shape index (κ3) is 2.71. The van der Waals surface area contributed by atoms with Gasteiger partial charge < -0.3 is 9.88 Å². The highest BCUT2D eigenvalue weighted by Gasteiger charge is 2.33. The molecule has 1 saturated heterocycles. The maximum Gasteiger partial charge on any atom is 0.0948 e. The fraction of sp³-hybridized carbons (Fsp3) is 0.812. The normalized spacial score (nSPS) is 23.8. The van der Waals surface area contributed by atoms with Gasteiger partial charge in [-0.3, -0.25) is 0 Å². The minimum atomic E-state index is 0.558. The molecule has 0 amide bonds. The fourth-order valence-electron chi connectivity index (χ4n) is 4.03. The molecule has 3 rings (SSSR count). The van der Waals surface area contributed by atoms with E-state index in [0.29, 0.717) is 5.41 Å². The summed E-state index contributed by atoms with van der Waals surface area (Å²) in [5.41, 5.74) is 2.05. The average Bonchev–Trinajstić information content (AvgIpc) is 3.10. The number of hydrogen-bond acceptors (Lipinski definition) is 2. The second-order valence-corrected chi connectivity index (χ2v) is 6.53. The van der Waals surface area contributed by atoms with E-state index >= 15 is 0 Å². The molecule has 2 fully saturated rings.